The molecule has 0 bridgehead atoms. The quantitative estimate of drug-likeness (QED) is 0.899. The fourth-order valence-corrected chi connectivity index (χ4v) is 3.11. The Labute approximate surface area is 131 Å². The van der Waals surface area contributed by atoms with Gasteiger partial charge in [0.2, 0.25) is 5.91 Å². The number of rotatable bonds is 4. The number of nitrogens with two attached hydrogens (primary N) is 1. The maximum atomic E-state index is 12.1. The number of nitrogens with one attached hydrogen (secondary N) is 1. The first kappa shape index (κ1) is 16.1. The molecule has 1 aromatic carbocycles. The molecule has 4 nitrogen and oxygen atoms in total. The first-order chi connectivity index (χ1) is 9.94. The molecule has 0 spiro atoms. The van der Waals surface area contributed by atoms with Crippen molar-refractivity contribution in [2.24, 2.45) is 5.73 Å². The van der Waals surface area contributed by atoms with Gasteiger partial charge in [-0.3, -0.25) is 4.79 Å². The van der Waals surface area contributed by atoms with Gasteiger partial charge in [-0.15, -0.1) is 0 Å². The Hall–Kier alpha value is -1.26. The second kappa shape index (κ2) is 6.67. The number of hydrogen-bond acceptors (Lipinski definition) is 3. The molecular weight excluding hydrogens is 286 g/mol. The van der Waals surface area contributed by atoms with E-state index in [4.69, 9.17) is 17.3 Å². The van der Waals surface area contributed by atoms with Gasteiger partial charge in [-0.25, -0.2) is 0 Å². The fraction of sp³-hybridized carbons (Fsp3) is 0.562. The van der Waals surface area contributed by atoms with Crippen LogP contribution in [-0.2, 0) is 4.79 Å². The molecule has 116 valence electrons. The minimum absolute atomic E-state index is 0.298. The van der Waals surface area contributed by atoms with Crippen LogP contribution in [0.1, 0.15) is 33.1 Å². The van der Waals surface area contributed by atoms with Gasteiger partial charge in [0.05, 0.1) is 10.7 Å². The van der Waals surface area contributed by atoms with Crippen LogP contribution in [-0.4, -0.2) is 35.5 Å². The third-order valence-corrected chi connectivity index (χ3v) is 4.65. The zero-order chi connectivity index (χ0) is 15.5. The van der Waals surface area contributed by atoms with Crippen LogP contribution in [0.15, 0.2) is 24.3 Å². The molecule has 5 heteroatoms. The van der Waals surface area contributed by atoms with Crippen LogP contribution in [0.2, 0.25) is 5.02 Å². The number of likely N-dealkylation sites (tertiary alicyclic amines) is 1. The number of benzene rings is 1. The molecule has 1 unspecified atom stereocenters. The van der Waals surface area contributed by atoms with Gasteiger partial charge in [-0.05, 0) is 51.8 Å². The number of para-hydroxylation sites is 1. The summed E-state index contributed by atoms with van der Waals surface area (Å²) in [5, 5.41) is 3.94. The number of anilines is 1. The number of hydrogen-bond donors (Lipinski definition) is 2. The van der Waals surface area contributed by atoms with Crippen molar-refractivity contribution in [2.45, 2.75) is 44.7 Å². The molecule has 1 saturated heterocycles. The van der Waals surface area contributed by atoms with E-state index in [2.05, 4.69) is 24.1 Å². The molecule has 2 rings (SSSR count). The Morgan fingerprint density at radius 1 is 1.33 bits per heavy atom. The van der Waals surface area contributed by atoms with Crippen molar-refractivity contribution in [3.05, 3.63) is 29.3 Å². The van der Waals surface area contributed by atoms with Gasteiger partial charge in [0.25, 0.3) is 0 Å². The molecule has 1 atom stereocenters. The summed E-state index contributed by atoms with van der Waals surface area (Å²) in [6.45, 7) is 6.21. The van der Waals surface area contributed by atoms with Crippen LogP contribution >= 0.6 is 11.6 Å². The van der Waals surface area contributed by atoms with Crippen molar-refractivity contribution in [1.29, 1.82) is 0 Å². The summed E-state index contributed by atoms with van der Waals surface area (Å²) < 4.78 is 0. The zero-order valence-corrected chi connectivity index (χ0v) is 13.5. The number of carbonyl (C=O) groups excluding carboxylic acids is 1. The first-order valence-corrected chi connectivity index (χ1v) is 7.89. The van der Waals surface area contributed by atoms with E-state index in [9.17, 15) is 4.79 Å². The molecule has 1 fully saturated rings. The summed E-state index contributed by atoms with van der Waals surface area (Å²) in [4.78, 5) is 14.5. The molecule has 1 aliphatic heterocycles. The predicted octanol–water partition coefficient (Wildman–Crippen LogP) is 2.87. The number of halogens is 1. The molecule has 0 saturated carbocycles. The Bertz CT molecular complexity index is 506. The van der Waals surface area contributed by atoms with E-state index in [-0.39, 0.29) is 5.91 Å². The van der Waals surface area contributed by atoms with Crippen LogP contribution in [0.3, 0.4) is 0 Å². The summed E-state index contributed by atoms with van der Waals surface area (Å²) in [6.07, 6.45) is 2.38. The van der Waals surface area contributed by atoms with E-state index < -0.39 is 5.54 Å². The summed E-state index contributed by atoms with van der Waals surface area (Å²) in [6, 6.07) is 7.96. The summed E-state index contributed by atoms with van der Waals surface area (Å²) in [5.41, 5.74) is 5.79. The Balaban J connectivity index is 2.21. The lowest BCUT2D eigenvalue weighted by atomic mass is 9.89. The molecule has 1 heterocycles. The predicted molar refractivity (Wildman–Crippen MR) is 87.6 cm³/mol. The van der Waals surface area contributed by atoms with Gasteiger partial charge in [-0.2, -0.15) is 0 Å². The number of primary amides is 1. The molecule has 0 aliphatic carbocycles. The van der Waals surface area contributed by atoms with Gasteiger partial charge < -0.3 is 16.0 Å². The van der Waals surface area contributed by atoms with Crippen molar-refractivity contribution in [3.63, 3.8) is 0 Å². The smallest absolute Gasteiger partial charge is 0.243 e. The largest absolute Gasteiger partial charge is 0.370 e. The SMILES string of the molecule is CC(C)N1CCCC(Nc2ccccc2Cl)(C(N)=O)CC1. The van der Waals surface area contributed by atoms with Crippen molar-refractivity contribution in [3.8, 4) is 0 Å². The molecular formula is C16H24ClN3O. The first-order valence-electron chi connectivity index (χ1n) is 7.51. The van der Waals surface area contributed by atoms with Crippen molar-refractivity contribution in [2.75, 3.05) is 18.4 Å². The lowest BCUT2D eigenvalue weighted by Crippen LogP contribution is -2.51. The topological polar surface area (TPSA) is 58.4 Å². The van der Waals surface area contributed by atoms with Crippen LogP contribution in [0.25, 0.3) is 0 Å². The molecule has 1 aliphatic rings. The van der Waals surface area contributed by atoms with Gasteiger partial charge in [0, 0.05) is 12.6 Å². The van der Waals surface area contributed by atoms with Crippen molar-refractivity contribution < 1.29 is 4.79 Å². The van der Waals surface area contributed by atoms with Crippen molar-refractivity contribution >= 4 is 23.2 Å². The van der Waals surface area contributed by atoms with Crippen molar-refractivity contribution in [1.82, 2.24) is 4.90 Å². The lowest BCUT2D eigenvalue weighted by molar-refractivity contribution is -0.122. The number of nitrogens with zero attached hydrogens (tertiary/aromatic N) is 1. The minimum atomic E-state index is -0.714. The van der Waals surface area contributed by atoms with E-state index in [1.165, 1.54) is 0 Å². The highest BCUT2D eigenvalue weighted by molar-refractivity contribution is 6.33. The normalized spacial score (nSPS) is 23.8. The van der Waals surface area contributed by atoms with E-state index in [1.807, 2.05) is 24.3 Å². The highest BCUT2D eigenvalue weighted by Crippen LogP contribution is 2.31. The third-order valence-electron chi connectivity index (χ3n) is 4.32. The van der Waals surface area contributed by atoms with E-state index >= 15 is 0 Å². The zero-order valence-electron chi connectivity index (χ0n) is 12.7. The molecule has 1 amide bonds. The Morgan fingerprint density at radius 2 is 2.05 bits per heavy atom. The molecule has 0 aromatic heterocycles. The standard InChI is InChI=1S/C16H24ClN3O/c1-12(2)20-10-5-8-16(9-11-20,15(18)21)19-14-7-4-3-6-13(14)17/h3-4,6-7,12,19H,5,8-11H2,1-2H3,(H2,18,21). The van der Waals surface area contributed by atoms with Crippen LogP contribution in [0.4, 0.5) is 5.69 Å². The van der Waals surface area contributed by atoms with E-state index in [0.29, 0.717) is 17.5 Å². The van der Waals surface area contributed by atoms with Gasteiger partial charge >= 0.3 is 0 Å². The van der Waals surface area contributed by atoms with Crippen LogP contribution < -0.4 is 11.1 Å². The number of amides is 1. The maximum absolute atomic E-state index is 12.1. The second-order valence-electron chi connectivity index (χ2n) is 6.03. The average Bonchev–Trinajstić information content (AvgIpc) is 2.65. The Kier molecular flexibility index (Phi) is 5.12. The van der Waals surface area contributed by atoms with Crippen LogP contribution in [0.5, 0.6) is 0 Å². The Morgan fingerprint density at radius 3 is 2.67 bits per heavy atom. The van der Waals surface area contributed by atoms with E-state index in [1.54, 1.807) is 0 Å². The molecule has 3 N–H and O–H groups in total. The highest BCUT2D eigenvalue weighted by Gasteiger charge is 2.38. The lowest BCUT2D eigenvalue weighted by Gasteiger charge is -2.32. The fourth-order valence-electron chi connectivity index (χ4n) is 2.92. The monoisotopic (exact) mass is 309 g/mol. The maximum Gasteiger partial charge on any atom is 0.243 e. The average molecular weight is 310 g/mol. The van der Waals surface area contributed by atoms with Crippen LogP contribution in [0, 0.1) is 0 Å². The summed E-state index contributed by atoms with van der Waals surface area (Å²) in [7, 11) is 0. The van der Waals surface area contributed by atoms with Gasteiger partial charge in [0.15, 0.2) is 0 Å². The summed E-state index contributed by atoms with van der Waals surface area (Å²) in [5.74, 6) is -0.298. The van der Waals surface area contributed by atoms with Gasteiger partial charge in [0.1, 0.15) is 5.54 Å². The molecule has 0 radical (unpaired) electrons. The van der Waals surface area contributed by atoms with E-state index in [0.717, 1.165) is 31.6 Å². The third kappa shape index (κ3) is 3.69. The highest BCUT2D eigenvalue weighted by atomic mass is 35.5. The minimum Gasteiger partial charge on any atom is -0.370 e. The second-order valence-corrected chi connectivity index (χ2v) is 6.44. The van der Waals surface area contributed by atoms with Gasteiger partial charge in [-0.1, -0.05) is 23.7 Å². The molecule has 21 heavy (non-hydrogen) atoms. The number of carbonyl (C=O) groups is 1. The molecule has 1 aromatic rings. The summed E-state index contributed by atoms with van der Waals surface area (Å²) >= 11 is 6.21.